The summed E-state index contributed by atoms with van der Waals surface area (Å²) in [5, 5.41) is 2.93. The van der Waals surface area contributed by atoms with Gasteiger partial charge in [-0.2, -0.15) is 0 Å². The number of benzene rings is 1. The molecule has 0 saturated heterocycles. The average molecular weight is 304 g/mol. The smallest absolute Gasteiger partial charge is 0.242 e. The van der Waals surface area contributed by atoms with Crippen LogP contribution in [0.25, 0.3) is 0 Å². The molecule has 0 aliphatic carbocycles. The van der Waals surface area contributed by atoms with E-state index in [1.165, 1.54) is 0 Å². The second kappa shape index (κ2) is 9.98. The Morgan fingerprint density at radius 1 is 1.14 bits per heavy atom. The molecule has 1 aromatic carbocycles. The highest BCUT2D eigenvalue weighted by molar-refractivity contribution is 5.87. The molecule has 0 aromatic heterocycles. The second-order valence-corrected chi connectivity index (χ2v) is 5.53. The van der Waals surface area contributed by atoms with Crippen LogP contribution in [0.15, 0.2) is 30.3 Å². The van der Waals surface area contributed by atoms with Gasteiger partial charge in [-0.15, -0.1) is 0 Å². The van der Waals surface area contributed by atoms with Crippen LogP contribution in [0.4, 0.5) is 0 Å². The molecule has 0 spiro atoms. The van der Waals surface area contributed by atoms with Crippen molar-refractivity contribution in [3.63, 3.8) is 0 Å². The number of nitrogens with zero attached hydrogens (tertiary/aromatic N) is 1. The Hall–Kier alpha value is -1.84. The molecular formula is C18H28N2O2. The minimum Gasteiger partial charge on any atom is -0.354 e. The number of amides is 2. The summed E-state index contributed by atoms with van der Waals surface area (Å²) in [6, 6.07) is 9.33. The normalized spacial score (nSPS) is 11.8. The minimum atomic E-state index is -0.450. The van der Waals surface area contributed by atoms with E-state index in [1.807, 2.05) is 37.3 Å². The average Bonchev–Trinajstić information content (AvgIpc) is 2.56. The molecule has 1 atom stereocenters. The van der Waals surface area contributed by atoms with Gasteiger partial charge in [0.25, 0.3) is 0 Å². The zero-order chi connectivity index (χ0) is 16.4. The van der Waals surface area contributed by atoms with E-state index in [2.05, 4.69) is 12.2 Å². The monoisotopic (exact) mass is 304 g/mol. The maximum Gasteiger partial charge on any atom is 0.242 e. The van der Waals surface area contributed by atoms with Gasteiger partial charge >= 0.3 is 0 Å². The third kappa shape index (κ3) is 5.88. The highest BCUT2D eigenvalue weighted by Crippen LogP contribution is 2.10. The van der Waals surface area contributed by atoms with Crippen LogP contribution in [0.3, 0.4) is 0 Å². The van der Waals surface area contributed by atoms with Gasteiger partial charge in [-0.25, -0.2) is 0 Å². The highest BCUT2D eigenvalue weighted by atomic mass is 16.2. The molecule has 0 fully saturated rings. The van der Waals surface area contributed by atoms with Crippen LogP contribution in [0, 0.1) is 0 Å². The lowest BCUT2D eigenvalue weighted by Crippen LogP contribution is -2.47. The van der Waals surface area contributed by atoms with E-state index in [9.17, 15) is 9.59 Å². The largest absolute Gasteiger partial charge is 0.354 e. The van der Waals surface area contributed by atoms with Crippen LogP contribution < -0.4 is 5.32 Å². The predicted molar refractivity (Wildman–Crippen MR) is 89.3 cm³/mol. The number of nitrogens with one attached hydrogen (secondary N) is 1. The standard InChI is InChI=1S/C18H28N2O2/c1-4-6-10-13-19-18(22)15(3)20(17(21)5-2)14-16-11-8-7-9-12-16/h7-9,11-12,15H,4-6,10,13-14H2,1-3H3,(H,19,22)/t15-/m1/s1. The summed E-state index contributed by atoms with van der Waals surface area (Å²) >= 11 is 0. The lowest BCUT2D eigenvalue weighted by molar-refractivity contribution is -0.140. The fraction of sp³-hybridized carbons (Fsp3) is 0.556. The molecule has 4 heteroatoms. The second-order valence-electron chi connectivity index (χ2n) is 5.53. The van der Waals surface area contributed by atoms with Crippen molar-refractivity contribution in [2.45, 2.75) is 59.0 Å². The SMILES string of the molecule is CCCCCNC(=O)[C@@H](C)N(Cc1ccccc1)C(=O)CC. The molecule has 0 radical (unpaired) electrons. The van der Waals surface area contributed by atoms with Crippen LogP contribution >= 0.6 is 0 Å². The Morgan fingerprint density at radius 2 is 1.82 bits per heavy atom. The molecule has 2 amide bonds. The number of carbonyl (C=O) groups excluding carboxylic acids is 2. The van der Waals surface area contributed by atoms with E-state index in [1.54, 1.807) is 11.8 Å². The van der Waals surface area contributed by atoms with E-state index in [0.29, 0.717) is 19.5 Å². The summed E-state index contributed by atoms with van der Waals surface area (Å²) < 4.78 is 0. The molecular weight excluding hydrogens is 276 g/mol. The van der Waals surface area contributed by atoms with E-state index in [0.717, 1.165) is 24.8 Å². The van der Waals surface area contributed by atoms with Gasteiger partial charge in [-0.1, -0.05) is 57.0 Å². The maximum atomic E-state index is 12.3. The van der Waals surface area contributed by atoms with Crippen molar-refractivity contribution in [1.29, 1.82) is 0 Å². The summed E-state index contributed by atoms with van der Waals surface area (Å²) in [5.41, 5.74) is 1.04. The predicted octanol–water partition coefficient (Wildman–Crippen LogP) is 3.12. The van der Waals surface area contributed by atoms with Gasteiger partial charge < -0.3 is 10.2 Å². The fourth-order valence-electron chi connectivity index (χ4n) is 2.30. The van der Waals surface area contributed by atoms with Crippen molar-refractivity contribution >= 4 is 11.8 Å². The fourth-order valence-corrected chi connectivity index (χ4v) is 2.30. The summed E-state index contributed by atoms with van der Waals surface area (Å²) in [7, 11) is 0. The summed E-state index contributed by atoms with van der Waals surface area (Å²) in [6.45, 7) is 6.90. The molecule has 0 heterocycles. The summed E-state index contributed by atoms with van der Waals surface area (Å²) in [6.07, 6.45) is 3.62. The molecule has 0 aliphatic heterocycles. The summed E-state index contributed by atoms with van der Waals surface area (Å²) in [4.78, 5) is 26.1. The van der Waals surface area contributed by atoms with Crippen LogP contribution in [0.1, 0.15) is 52.0 Å². The Morgan fingerprint density at radius 3 is 2.41 bits per heavy atom. The van der Waals surface area contributed by atoms with Gasteiger partial charge in [0, 0.05) is 19.5 Å². The molecule has 0 bridgehead atoms. The molecule has 4 nitrogen and oxygen atoms in total. The number of carbonyl (C=O) groups is 2. The van der Waals surface area contributed by atoms with Gasteiger partial charge in [0.05, 0.1) is 0 Å². The molecule has 1 rings (SSSR count). The van der Waals surface area contributed by atoms with Crippen LogP contribution in [-0.2, 0) is 16.1 Å². The van der Waals surface area contributed by atoms with Gasteiger partial charge in [-0.3, -0.25) is 9.59 Å². The lowest BCUT2D eigenvalue weighted by Gasteiger charge is -2.28. The zero-order valence-corrected chi connectivity index (χ0v) is 14.0. The third-order valence-electron chi connectivity index (χ3n) is 3.75. The minimum absolute atomic E-state index is 0.0000567. The first-order valence-electron chi connectivity index (χ1n) is 8.21. The van der Waals surface area contributed by atoms with Crippen molar-refractivity contribution in [3.8, 4) is 0 Å². The molecule has 1 N–H and O–H groups in total. The first-order valence-corrected chi connectivity index (χ1v) is 8.21. The third-order valence-corrected chi connectivity index (χ3v) is 3.75. The zero-order valence-electron chi connectivity index (χ0n) is 14.0. The van der Waals surface area contributed by atoms with E-state index >= 15 is 0 Å². The van der Waals surface area contributed by atoms with E-state index in [-0.39, 0.29) is 11.8 Å². The molecule has 122 valence electrons. The van der Waals surface area contributed by atoms with Crippen LogP contribution in [0.2, 0.25) is 0 Å². The quantitative estimate of drug-likeness (QED) is 0.713. The van der Waals surface area contributed by atoms with Crippen LogP contribution in [-0.4, -0.2) is 29.3 Å². The van der Waals surface area contributed by atoms with E-state index < -0.39 is 6.04 Å². The Balaban J connectivity index is 2.66. The number of hydrogen-bond acceptors (Lipinski definition) is 2. The maximum absolute atomic E-state index is 12.3. The Labute approximate surface area is 133 Å². The van der Waals surface area contributed by atoms with Crippen molar-refractivity contribution < 1.29 is 9.59 Å². The molecule has 1 aromatic rings. The first kappa shape index (κ1) is 18.2. The molecule has 22 heavy (non-hydrogen) atoms. The molecule has 0 unspecified atom stereocenters. The topological polar surface area (TPSA) is 49.4 Å². The molecule has 0 aliphatic rings. The first-order chi connectivity index (χ1) is 10.6. The Kier molecular flexibility index (Phi) is 8.26. The van der Waals surface area contributed by atoms with Crippen LogP contribution in [0.5, 0.6) is 0 Å². The van der Waals surface area contributed by atoms with Crippen molar-refractivity contribution in [2.75, 3.05) is 6.54 Å². The lowest BCUT2D eigenvalue weighted by atomic mass is 10.1. The molecule has 0 saturated carbocycles. The van der Waals surface area contributed by atoms with Crippen molar-refractivity contribution in [3.05, 3.63) is 35.9 Å². The highest BCUT2D eigenvalue weighted by Gasteiger charge is 2.24. The van der Waals surface area contributed by atoms with Gasteiger partial charge in [0.1, 0.15) is 6.04 Å². The van der Waals surface area contributed by atoms with Crippen molar-refractivity contribution in [2.24, 2.45) is 0 Å². The van der Waals surface area contributed by atoms with Gasteiger partial charge in [0.15, 0.2) is 0 Å². The summed E-state index contributed by atoms with van der Waals surface area (Å²) in [5.74, 6) is -0.0751. The van der Waals surface area contributed by atoms with Gasteiger partial charge in [-0.05, 0) is 18.9 Å². The Bertz CT molecular complexity index is 459. The number of rotatable bonds is 9. The van der Waals surface area contributed by atoms with E-state index in [4.69, 9.17) is 0 Å². The van der Waals surface area contributed by atoms with Crippen molar-refractivity contribution in [1.82, 2.24) is 10.2 Å². The number of unbranched alkanes of at least 4 members (excludes halogenated alkanes) is 2. The van der Waals surface area contributed by atoms with Gasteiger partial charge in [0.2, 0.25) is 11.8 Å². The number of hydrogen-bond donors (Lipinski definition) is 1.